The van der Waals surface area contributed by atoms with Crippen LogP contribution in [-0.2, 0) is 4.74 Å². The van der Waals surface area contributed by atoms with E-state index in [-0.39, 0.29) is 5.97 Å². The normalized spacial score (nSPS) is 10.6. The number of hydrogen-bond acceptors (Lipinski definition) is 7. The lowest BCUT2D eigenvalue weighted by molar-refractivity contribution is 0.0607. The minimum Gasteiger partial charge on any atom is -0.493 e. The molecule has 1 heterocycles. The van der Waals surface area contributed by atoms with Gasteiger partial charge in [-0.2, -0.15) is 0 Å². The maximum atomic E-state index is 12.3. The van der Waals surface area contributed by atoms with Crippen LogP contribution in [0.1, 0.15) is 15.2 Å². The number of nitrogens with one attached hydrogen (secondary N) is 1. The third kappa shape index (κ3) is 3.50. The molecule has 0 spiro atoms. The average molecular weight is 387 g/mol. The molecular formula is C20H21NO5S. The van der Waals surface area contributed by atoms with Crippen molar-refractivity contribution in [2.75, 3.05) is 33.8 Å². The van der Waals surface area contributed by atoms with Crippen molar-refractivity contribution in [2.24, 2.45) is 0 Å². The number of thiophene rings is 1. The van der Waals surface area contributed by atoms with Crippen molar-refractivity contribution >= 4 is 38.8 Å². The standard InChI is InChI=1S/C20H21NO5S/c1-11-6-7-13-16(8-11)27-19(20(22)26-5)17(13)21-12-9-14(23-2)18(25-4)15(10-12)24-3/h6-10,21H,1-5H3. The van der Waals surface area contributed by atoms with Crippen LogP contribution < -0.4 is 19.5 Å². The Kier molecular flexibility index (Phi) is 5.41. The molecular weight excluding hydrogens is 366 g/mol. The second kappa shape index (κ2) is 7.75. The van der Waals surface area contributed by atoms with Crippen molar-refractivity contribution in [3.8, 4) is 17.2 Å². The Bertz CT molecular complexity index is 970. The lowest BCUT2D eigenvalue weighted by atomic mass is 10.1. The minimum atomic E-state index is -0.385. The molecule has 3 rings (SSSR count). The lowest BCUT2D eigenvalue weighted by Gasteiger charge is -2.15. The number of esters is 1. The molecule has 3 aromatic rings. The van der Waals surface area contributed by atoms with E-state index in [1.807, 2.05) is 25.1 Å². The zero-order valence-corrected chi connectivity index (χ0v) is 16.7. The van der Waals surface area contributed by atoms with E-state index in [1.54, 1.807) is 33.5 Å². The van der Waals surface area contributed by atoms with Gasteiger partial charge in [0.05, 0.1) is 34.1 Å². The molecule has 0 radical (unpaired) electrons. The Morgan fingerprint density at radius 1 is 0.963 bits per heavy atom. The van der Waals surface area contributed by atoms with Crippen molar-refractivity contribution in [2.45, 2.75) is 6.92 Å². The van der Waals surface area contributed by atoms with Gasteiger partial charge in [0.15, 0.2) is 11.5 Å². The van der Waals surface area contributed by atoms with E-state index in [2.05, 4.69) is 5.32 Å². The summed E-state index contributed by atoms with van der Waals surface area (Å²) in [6.07, 6.45) is 0. The number of ether oxygens (including phenoxy) is 4. The third-order valence-electron chi connectivity index (χ3n) is 4.15. The molecule has 0 aliphatic carbocycles. The van der Waals surface area contributed by atoms with Crippen molar-refractivity contribution in [3.05, 3.63) is 40.8 Å². The van der Waals surface area contributed by atoms with Gasteiger partial charge < -0.3 is 24.3 Å². The summed E-state index contributed by atoms with van der Waals surface area (Å²) in [7, 11) is 6.05. The third-order valence-corrected chi connectivity index (χ3v) is 5.28. The maximum Gasteiger partial charge on any atom is 0.350 e. The van der Waals surface area contributed by atoms with Gasteiger partial charge >= 0.3 is 5.97 Å². The second-order valence-corrected chi connectivity index (χ2v) is 6.89. The van der Waals surface area contributed by atoms with Crippen molar-refractivity contribution in [1.82, 2.24) is 0 Å². The first kappa shape index (κ1) is 18.8. The van der Waals surface area contributed by atoms with Gasteiger partial charge in [0.25, 0.3) is 0 Å². The van der Waals surface area contributed by atoms with Crippen molar-refractivity contribution < 1.29 is 23.7 Å². The van der Waals surface area contributed by atoms with Gasteiger partial charge in [0, 0.05) is 27.9 Å². The first-order valence-electron chi connectivity index (χ1n) is 8.20. The SMILES string of the molecule is COC(=O)c1sc2cc(C)ccc2c1Nc1cc(OC)c(OC)c(OC)c1. The minimum absolute atomic E-state index is 0.385. The van der Waals surface area contributed by atoms with E-state index < -0.39 is 0 Å². The first-order valence-corrected chi connectivity index (χ1v) is 9.02. The smallest absolute Gasteiger partial charge is 0.350 e. The van der Waals surface area contributed by atoms with Crippen molar-refractivity contribution in [3.63, 3.8) is 0 Å². The lowest BCUT2D eigenvalue weighted by Crippen LogP contribution is -2.03. The van der Waals surface area contributed by atoms with Gasteiger partial charge in [-0.3, -0.25) is 0 Å². The molecule has 0 saturated heterocycles. The molecule has 0 atom stereocenters. The Balaban J connectivity index is 2.15. The summed E-state index contributed by atoms with van der Waals surface area (Å²) >= 11 is 1.39. The number of rotatable bonds is 6. The molecule has 1 N–H and O–H groups in total. The molecule has 142 valence electrons. The topological polar surface area (TPSA) is 66.0 Å². The molecule has 0 amide bonds. The van der Waals surface area contributed by atoms with Gasteiger partial charge in [-0.25, -0.2) is 4.79 Å². The summed E-state index contributed by atoms with van der Waals surface area (Å²) in [5.74, 6) is 1.16. The predicted molar refractivity (Wildman–Crippen MR) is 107 cm³/mol. The fourth-order valence-corrected chi connectivity index (χ4v) is 4.04. The molecule has 0 bridgehead atoms. The molecule has 7 heteroatoms. The van der Waals surface area contributed by atoms with Gasteiger partial charge in [-0.05, 0) is 18.6 Å². The number of fused-ring (bicyclic) bond motifs is 1. The number of benzene rings is 2. The van der Waals surface area contributed by atoms with Gasteiger partial charge in [0.2, 0.25) is 5.75 Å². The Morgan fingerprint density at radius 3 is 2.19 bits per heavy atom. The van der Waals surface area contributed by atoms with Crippen LogP contribution in [-0.4, -0.2) is 34.4 Å². The van der Waals surface area contributed by atoms with E-state index in [0.29, 0.717) is 33.5 Å². The highest BCUT2D eigenvalue weighted by atomic mass is 32.1. The molecule has 1 aromatic heterocycles. The van der Waals surface area contributed by atoms with Gasteiger partial charge in [-0.1, -0.05) is 12.1 Å². The number of anilines is 2. The summed E-state index contributed by atoms with van der Waals surface area (Å²) in [6, 6.07) is 9.64. The fraction of sp³-hybridized carbons (Fsp3) is 0.250. The van der Waals surface area contributed by atoms with Crippen LogP contribution >= 0.6 is 11.3 Å². The van der Waals surface area contributed by atoms with Crippen LogP contribution in [0.15, 0.2) is 30.3 Å². The van der Waals surface area contributed by atoms with E-state index in [4.69, 9.17) is 18.9 Å². The Labute approximate surface area is 161 Å². The summed E-state index contributed by atoms with van der Waals surface area (Å²) in [4.78, 5) is 12.8. The zero-order chi connectivity index (χ0) is 19.6. The second-order valence-electron chi connectivity index (χ2n) is 5.84. The monoisotopic (exact) mass is 387 g/mol. The quantitative estimate of drug-likeness (QED) is 0.615. The van der Waals surface area contributed by atoms with Crippen LogP contribution in [0.2, 0.25) is 0 Å². The highest BCUT2D eigenvalue weighted by Crippen LogP contribution is 2.43. The Hall–Kier alpha value is -2.93. The molecule has 0 aliphatic rings. The predicted octanol–water partition coefficient (Wildman–Crippen LogP) is 4.77. The summed E-state index contributed by atoms with van der Waals surface area (Å²) in [5.41, 5.74) is 2.52. The van der Waals surface area contributed by atoms with Crippen molar-refractivity contribution in [1.29, 1.82) is 0 Å². The Morgan fingerprint density at radius 2 is 1.63 bits per heavy atom. The molecule has 2 aromatic carbocycles. The van der Waals surface area contributed by atoms with Crippen LogP contribution in [0.25, 0.3) is 10.1 Å². The number of carbonyl (C=O) groups is 1. The van der Waals surface area contributed by atoms with E-state index in [0.717, 1.165) is 15.6 Å². The number of aryl methyl sites for hydroxylation is 1. The van der Waals surface area contributed by atoms with Crippen LogP contribution in [0.3, 0.4) is 0 Å². The van der Waals surface area contributed by atoms with E-state index in [9.17, 15) is 4.79 Å². The summed E-state index contributed by atoms with van der Waals surface area (Å²) in [6.45, 7) is 2.02. The maximum absolute atomic E-state index is 12.3. The molecule has 0 saturated carbocycles. The summed E-state index contributed by atoms with van der Waals surface area (Å²) in [5, 5.41) is 4.27. The van der Waals surface area contributed by atoms with E-state index in [1.165, 1.54) is 18.4 Å². The average Bonchev–Trinajstić information content (AvgIpc) is 3.03. The molecule has 0 fully saturated rings. The van der Waals surface area contributed by atoms with Gasteiger partial charge in [0.1, 0.15) is 4.88 Å². The van der Waals surface area contributed by atoms with Crippen LogP contribution in [0, 0.1) is 6.92 Å². The molecule has 6 nitrogen and oxygen atoms in total. The number of methoxy groups -OCH3 is 4. The molecule has 0 unspecified atom stereocenters. The number of carbonyl (C=O) groups excluding carboxylic acids is 1. The first-order chi connectivity index (χ1) is 13.0. The highest BCUT2D eigenvalue weighted by Gasteiger charge is 2.21. The fourth-order valence-electron chi connectivity index (χ4n) is 2.86. The zero-order valence-electron chi connectivity index (χ0n) is 15.8. The van der Waals surface area contributed by atoms with Crippen LogP contribution in [0.5, 0.6) is 17.2 Å². The molecule has 0 aliphatic heterocycles. The van der Waals surface area contributed by atoms with Crippen LogP contribution in [0.4, 0.5) is 11.4 Å². The van der Waals surface area contributed by atoms with E-state index >= 15 is 0 Å². The molecule has 27 heavy (non-hydrogen) atoms. The largest absolute Gasteiger partial charge is 0.493 e. The summed E-state index contributed by atoms with van der Waals surface area (Å²) < 4.78 is 22.1. The van der Waals surface area contributed by atoms with Gasteiger partial charge in [-0.15, -0.1) is 11.3 Å². The number of hydrogen-bond donors (Lipinski definition) is 1. The highest BCUT2D eigenvalue weighted by molar-refractivity contribution is 7.21.